The molecular formula is C19H20N5OS+. The molecule has 1 amide bonds. The molecule has 132 valence electrons. The van der Waals surface area contributed by atoms with Gasteiger partial charge < -0.3 is 5.32 Å². The highest BCUT2D eigenvalue weighted by atomic mass is 32.2. The number of aryl methyl sites for hydroxylation is 1. The number of aromatic nitrogens is 1. The van der Waals surface area contributed by atoms with Gasteiger partial charge in [0.15, 0.2) is 5.03 Å². The Balaban J connectivity index is 1.86. The van der Waals surface area contributed by atoms with E-state index in [1.807, 2.05) is 37.3 Å². The lowest BCUT2D eigenvalue weighted by atomic mass is 10.1. The van der Waals surface area contributed by atoms with Crippen molar-refractivity contribution in [3.63, 3.8) is 0 Å². The molecule has 0 unspecified atom stereocenters. The molecule has 1 heterocycles. The third-order valence-electron chi connectivity index (χ3n) is 3.78. The number of hydrogen-bond acceptors (Lipinski definition) is 5. The number of benzene rings is 1. The van der Waals surface area contributed by atoms with Gasteiger partial charge in [0.25, 0.3) is 5.82 Å². The van der Waals surface area contributed by atoms with Crippen molar-refractivity contribution in [3.8, 4) is 12.1 Å². The molecule has 1 aromatic carbocycles. The molecule has 4 N–H and O–H groups in total. The Labute approximate surface area is 157 Å². The minimum absolute atomic E-state index is 0.0498. The van der Waals surface area contributed by atoms with Gasteiger partial charge in [-0.05, 0) is 31.4 Å². The number of anilines is 1. The summed E-state index contributed by atoms with van der Waals surface area (Å²) in [7, 11) is 0. The molecule has 2 rings (SSSR count). The summed E-state index contributed by atoms with van der Waals surface area (Å²) >= 11 is 1.19. The molecule has 0 aliphatic carbocycles. The second-order valence-electron chi connectivity index (χ2n) is 5.84. The molecule has 1 atom stereocenters. The van der Waals surface area contributed by atoms with Crippen LogP contribution in [0.4, 0.5) is 5.82 Å². The van der Waals surface area contributed by atoms with Gasteiger partial charge in [-0.2, -0.15) is 10.5 Å². The van der Waals surface area contributed by atoms with E-state index in [2.05, 4.69) is 22.4 Å². The Bertz CT molecular complexity index is 855. The van der Waals surface area contributed by atoms with Crippen LogP contribution in [0.5, 0.6) is 0 Å². The van der Waals surface area contributed by atoms with E-state index in [0.717, 1.165) is 12.8 Å². The first kappa shape index (κ1) is 19.3. The number of nitrogens with two attached hydrogens (primary N) is 1. The molecule has 1 aromatic heterocycles. The average molecular weight is 366 g/mol. The number of hydrogen-bond donors (Lipinski definition) is 2. The first-order chi connectivity index (χ1) is 12.5. The summed E-state index contributed by atoms with van der Waals surface area (Å²) in [6, 6.07) is 15.5. The first-order valence-corrected chi connectivity index (χ1v) is 9.14. The van der Waals surface area contributed by atoms with Crippen molar-refractivity contribution in [2.24, 2.45) is 0 Å². The number of amides is 1. The number of nitriles is 2. The maximum Gasteiger partial charge on any atom is 0.289 e. The van der Waals surface area contributed by atoms with Crippen molar-refractivity contribution in [3.05, 3.63) is 53.1 Å². The van der Waals surface area contributed by atoms with E-state index in [9.17, 15) is 10.1 Å². The molecule has 0 fully saturated rings. The number of thioether (sulfide) groups is 1. The van der Waals surface area contributed by atoms with Crippen LogP contribution in [0, 0.1) is 22.7 Å². The minimum atomic E-state index is -0.115. The van der Waals surface area contributed by atoms with E-state index < -0.39 is 0 Å². The smallest absolute Gasteiger partial charge is 0.289 e. The standard InChI is InChI=1S/C19H19N5OS/c1-13(7-8-14-5-3-2-4-6-14)23-17(25)12-26-19-16(11-21)9-15(10-20)18(22)24-19/h2-6,9,13H,7-8,12H2,1H3,(H2,22,24)(H,23,25)/p+1/t13-/m1/s1. The highest BCUT2D eigenvalue weighted by molar-refractivity contribution is 7.99. The van der Waals surface area contributed by atoms with Crippen LogP contribution in [0.25, 0.3) is 0 Å². The highest BCUT2D eigenvalue weighted by Gasteiger charge is 2.16. The number of aromatic amines is 1. The zero-order valence-electron chi connectivity index (χ0n) is 14.5. The van der Waals surface area contributed by atoms with Gasteiger partial charge in [0.2, 0.25) is 5.91 Å². The van der Waals surface area contributed by atoms with Crippen LogP contribution >= 0.6 is 11.8 Å². The summed E-state index contributed by atoms with van der Waals surface area (Å²) in [5.41, 5.74) is 7.49. The largest absolute Gasteiger partial charge is 0.353 e. The van der Waals surface area contributed by atoms with Crippen molar-refractivity contribution >= 4 is 23.5 Å². The summed E-state index contributed by atoms with van der Waals surface area (Å²) < 4.78 is 0. The molecule has 0 bridgehead atoms. The maximum atomic E-state index is 12.1. The zero-order chi connectivity index (χ0) is 18.9. The van der Waals surface area contributed by atoms with Gasteiger partial charge in [0.1, 0.15) is 23.3 Å². The van der Waals surface area contributed by atoms with E-state index >= 15 is 0 Å². The molecule has 26 heavy (non-hydrogen) atoms. The predicted octanol–water partition coefficient (Wildman–Crippen LogP) is 2.06. The van der Waals surface area contributed by atoms with Crippen molar-refractivity contribution in [1.82, 2.24) is 5.32 Å². The van der Waals surface area contributed by atoms with Crippen LogP contribution in [-0.4, -0.2) is 17.7 Å². The van der Waals surface area contributed by atoms with Crippen LogP contribution < -0.4 is 16.0 Å². The number of nitrogens with zero attached hydrogens (tertiary/aromatic N) is 2. The summed E-state index contributed by atoms with van der Waals surface area (Å²) in [5, 5.41) is 21.6. The van der Waals surface area contributed by atoms with Gasteiger partial charge in [-0.25, -0.2) is 4.98 Å². The molecule has 2 aromatic rings. The normalized spacial score (nSPS) is 11.2. The third kappa shape index (κ3) is 5.51. The van der Waals surface area contributed by atoms with Gasteiger partial charge in [0, 0.05) is 6.04 Å². The van der Waals surface area contributed by atoms with Gasteiger partial charge in [-0.15, -0.1) is 0 Å². The van der Waals surface area contributed by atoms with Crippen molar-refractivity contribution in [2.75, 3.05) is 11.5 Å². The van der Waals surface area contributed by atoms with Crippen molar-refractivity contribution in [2.45, 2.75) is 30.8 Å². The topological polar surface area (TPSA) is 117 Å². The summed E-state index contributed by atoms with van der Waals surface area (Å²) in [5.74, 6) is 0.230. The fraction of sp³-hybridized carbons (Fsp3) is 0.263. The first-order valence-electron chi connectivity index (χ1n) is 8.15. The number of pyridine rings is 1. The lowest BCUT2D eigenvalue weighted by molar-refractivity contribution is -0.410. The average Bonchev–Trinajstić information content (AvgIpc) is 2.65. The van der Waals surface area contributed by atoms with E-state index in [-0.39, 0.29) is 29.1 Å². The van der Waals surface area contributed by atoms with Gasteiger partial charge in [-0.3, -0.25) is 10.5 Å². The molecule has 6 nitrogen and oxygen atoms in total. The number of nitrogens with one attached hydrogen (secondary N) is 2. The number of carbonyl (C=O) groups is 1. The second kappa shape index (κ2) is 9.45. The summed E-state index contributed by atoms with van der Waals surface area (Å²) in [6.07, 6.45) is 1.74. The Morgan fingerprint density at radius 1 is 1.27 bits per heavy atom. The molecule has 7 heteroatoms. The minimum Gasteiger partial charge on any atom is -0.353 e. The molecule has 0 saturated heterocycles. The molecular weight excluding hydrogens is 346 g/mol. The van der Waals surface area contributed by atoms with Gasteiger partial charge >= 0.3 is 0 Å². The maximum absolute atomic E-state index is 12.1. The van der Waals surface area contributed by atoms with Gasteiger partial charge in [0.05, 0.1) is 5.75 Å². The number of carbonyl (C=O) groups excluding carboxylic acids is 1. The Morgan fingerprint density at radius 3 is 2.62 bits per heavy atom. The number of rotatable bonds is 7. The quantitative estimate of drug-likeness (QED) is 0.727. The van der Waals surface area contributed by atoms with Crippen LogP contribution in [0.1, 0.15) is 30.0 Å². The number of nitrogen functional groups attached to an aromatic ring is 1. The van der Waals surface area contributed by atoms with Gasteiger partial charge in [-0.1, -0.05) is 42.1 Å². The Hall–Kier alpha value is -3.03. The molecule has 0 aliphatic rings. The monoisotopic (exact) mass is 366 g/mol. The molecule has 0 aliphatic heterocycles. The predicted molar refractivity (Wildman–Crippen MR) is 99.9 cm³/mol. The number of H-pyrrole nitrogens is 1. The molecule has 0 radical (unpaired) electrons. The van der Waals surface area contributed by atoms with E-state index in [1.165, 1.54) is 23.4 Å². The van der Waals surface area contributed by atoms with Crippen LogP contribution in [0.2, 0.25) is 0 Å². The summed E-state index contributed by atoms with van der Waals surface area (Å²) in [6.45, 7) is 1.97. The molecule has 0 spiro atoms. The van der Waals surface area contributed by atoms with Crippen LogP contribution in [-0.2, 0) is 11.2 Å². The zero-order valence-corrected chi connectivity index (χ0v) is 15.3. The second-order valence-corrected chi connectivity index (χ2v) is 6.83. The molecule has 0 saturated carbocycles. The SMILES string of the molecule is C[C@H](CCc1ccccc1)NC(=O)CSc1[nH+]c(N)c(C#N)cc1C#N. The third-order valence-corrected chi connectivity index (χ3v) is 4.79. The Kier molecular flexibility index (Phi) is 7.02. The van der Waals surface area contributed by atoms with Crippen LogP contribution in [0.3, 0.4) is 0 Å². The fourth-order valence-corrected chi connectivity index (χ4v) is 3.19. The highest BCUT2D eigenvalue weighted by Crippen LogP contribution is 2.20. The van der Waals surface area contributed by atoms with Crippen molar-refractivity contribution in [1.29, 1.82) is 10.5 Å². The fourth-order valence-electron chi connectivity index (χ4n) is 2.39. The summed E-state index contributed by atoms with van der Waals surface area (Å²) in [4.78, 5) is 15.0. The van der Waals surface area contributed by atoms with E-state index in [0.29, 0.717) is 10.6 Å². The lowest BCUT2D eigenvalue weighted by Crippen LogP contribution is -2.34. The van der Waals surface area contributed by atoms with E-state index in [4.69, 9.17) is 11.0 Å². The van der Waals surface area contributed by atoms with E-state index in [1.54, 1.807) is 0 Å². The lowest BCUT2D eigenvalue weighted by Gasteiger charge is -2.13. The van der Waals surface area contributed by atoms with Crippen molar-refractivity contribution < 1.29 is 9.78 Å². The van der Waals surface area contributed by atoms with Crippen LogP contribution in [0.15, 0.2) is 41.4 Å². The Morgan fingerprint density at radius 2 is 1.96 bits per heavy atom.